The number of nitrogens with two attached hydrogens (primary N) is 1. The highest BCUT2D eigenvalue weighted by atomic mass is 16.7. The van der Waals surface area contributed by atoms with Crippen molar-refractivity contribution in [2.45, 2.75) is 13.5 Å². The van der Waals surface area contributed by atoms with Crippen LogP contribution in [0.2, 0.25) is 0 Å². The number of hydrazine groups is 2. The lowest BCUT2D eigenvalue weighted by Gasteiger charge is -2.07. The van der Waals surface area contributed by atoms with Crippen LogP contribution in [0.3, 0.4) is 0 Å². The summed E-state index contributed by atoms with van der Waals surface area (Å²) in [5.41, 5.74) is 2.56. The van der Waals surface area contributed by atoms with Crippen molar-refractivity contribution in [3.63, 3.8) is 0 Å². The number of nitro groups is 1. The van der Waals surface area contributed by atoms with Crippen LogP contribution < -0.4 is 11.3 Å². The largest absolute Gasteiger partial charge is 0.364 e. The lowest BCUT2D eigenvalue weighted by atomic mass is 10.5. The average molecular weight is 226 g/mol. The summed E-state index contributed by atoms with van der Waals surface area (Å²) in [5, 5.41) is 11.6. The van der Waals surface area contributed by atoms with E-state index >= 15 is 0 Å². The lowest BCUT2D eigenvalue weighted by Crippen LogP contribution is -2.35. The minimum absolute atomic E-state index is 0.0857. The fourth-order valence-corrected chi connectivity index (χ4v) is 1.41. The minimum Gasteiger partial charge on any atom is -0.364 e. The Hall–Kier alpha value is -2.13. The predicted octanol–water partition coefficient (Wildman–Crippen LogP) is -0.265. The highest BCUT2D eigenvalue weighted by molar-refractivity contribution is 5.55. The SMILES string of the molecule is CCn1c([N+](=O)[O-])cnc1C1=CNN(N)O1. The summed E-state index contributed by atoms with van der Waals surface area (Å²) in [5.74, 6) is 5.90. The minimum atomic E-state index is -0.497. The first-order valence-electron chi connectivity index (χ1n) is 4.53. The van der Waals surface area contributed by atoms with Crippen LogP contribution in [0.25, 0.3) is 5.76 Å². The summed E-state index contributed by atoms with van der Waals surface area (Å²) in [7, 11) is 0. The monoisotopic (exact) mass is 226 g/mol. The van der Waals surface area contributed by atoms with Gasteiger partial charge in [0.25, 0.3) is 5.82 Å². The van der Waals surface area contributed by atoms with E-state index in [4.69, 9.17) is 10.7 Å². The van der Waals surface area contributed by atoms with Crippen molar-refractivity contribution in [3.8, 4) is 0 Å². The van der Waals surface area contributed by atoms with Crippen LogP contribution in [0.15, 0.2) is 12.4 Å². The van der Waals surface area contributed by atoms with Gasteiger partial charge in [0.15, 0.2) is 0 Å². The Morgan fingerprint density at radius 2 is 2.50 bits per heavy atom. The zero-order chi connectivity index (χ0) is 11.7. The Labute approximate surface area is 90.1 Å². The summed E-state index contributed by atoms with van der Waals surface area (Å²) in [6.07, 6.45) is 2.65. The number of nitrogens with zero attached hydrogens (tertiary/aromatic N) is 4. The predicted molar refractivity (Wildman–Crippen MR) is 52.8 cm³/mol. The second-order valence-corrected chi connectivity index (χ2v) is 3.00. The topological polar surface area (TPSA) is 111 Å². The number of hydrogen-bond acceptors (Lipinski definition) is 7. The molecule has 9 nitrogen and oxygen atoms in total. The smallest absolute Gasteiger partial charge is 0.343 e. The van der Waals surface area contributed by atoms with E-state index in [1.54, 1.807) is 6.92 Å². The Morgan fingerprint density at radius 1 is 1.75 bits per heavy atom. The van der Waals surface area contributed by atoms with Gasteiger partial charge in [-0.15, -0.1) is 0 Å². The van der Waals surface area contributed by atoms with Gasteiger partial charge in [-0.05, 0) is 11.8 Å². The van der Waals surface area contributed by atoms with Gasteiger partial charge in [-0.2, -0.15) is 0 Å². The van der Waals surface area contributed by atoms with E-state index in [1.165, 1.54) is 17.0 Å². The molecule has 16 heavy (non-hydrogen) atoms. The third-order valence-electron chi connectivity index (χ3n) is 2.08. The molecule has 0 spiro atoms. The Morgan fingerprint density at radius 3 is 3.00 bits per heavy atom. The van der Waals surface area contributed by atoms with E-state index < -0.39 is 4.92 Å². The molecule has 3 N–H and O–H groups in total. The van der Waals surface area contributed by atoms with Gasteiger partial charge in [0, 0.05) is 5.28 Å². The van der Waals surface area contributed by atoms with Gasteiger partial charge in [0.2, 0.25) is 5.76 Å². The molecular formula is C7H10N6O3. The summed E-state index contributed by atoms with van der Waals surface area (Å²) in [4.78, 5) is 19.2. The summed E-state index contributed by atoms with van der Waals surface area (Å²) >= 11 is 0. The average Bonchev–Trinajstić information content (AvgIpc) is 2.82. The van der Waals surface area contributed by atoms with Crippen LogP contribution in [0.5, 0.6) is 0 Å². The molecule has 0 saturated carbocycles. The highest BCUT2D eigenvalue weighted by Crippen LogP contribution is 2.22. The van der Waals surface area contributed by atoms with Crippen LogP contribution in [0.1, 0.15) is 12.7 Å². The number of hydrogen-bond donors (Lipinski definition) is 2. The molecule has 1 aliphatic rings. The summed E-state index contributed by atoms with van der Waals surface area (Å²) in [6, 6.07) is 0. The van der Waals surface area contributed by atoms with Crippen molar-refractivity contribution in [2.75, 3.05) is 0 Å². The van der Waals surface area contributed by atoms with Gasteiger partial charge in [-0.25, -0.2) is 15.4 Å². The van der Waals surface area contributed by atoms with Gasteiger partial charge in [-0.1, -0.05) is 0 Å². The second kappa shape index (κ2) is 3.79. The normalized spacial score (nSPS) is 15.5. The van der Waals surface area contributed by atoms with Crippen molar-refractivity contribution < 1.29 is 9.76 Å². The summed E-state index contributed by atoms with van der Waals surface area (Å²) in [6.45, 7) is 2.19. The van der Waals surface area contributed by atoms with E-state index in [0.717, 1.165) is 5.28 Å². The van der Waals surface area contributed by atoms with Crippen LogP contribution in [-0.4, -0.2) is 19.8 Å². The van der Waals surface area contributed by atoms with Crippen molar-refractivity contribution in [2.24, 2.45) is 5.84 Å². The maximum Gasteiger partial charge on any atom is 0.343 e. The quantitative estimate of drug-likeness (QED) is 0.414. The van der Waals surface area contributed by atoms with E-state index in [0.29, 0.717) is 18.1 Å². The van der Waals surface area contributed by atoms with Crippen molar-refractivity contribution >= 4 is 11.6 Å². The molecule has 0 saturated heterocycles. The molecule has 0 atom stereocenters. The third kappa shape index (κ3) is 1.57. The van der Waals surface area contributed by atoms with E-state index in [2.05, 4.69) is 10.4 Å². The molecule has 2 rings (SSSR count). The first kappa shape index (κ1) is 10.4. The molecule has 0 aliphatic carbocycles. The van der Waals surface area contributed by atoms with Gasteiger partial charge >= 0.3 is 5.82 Å². The number of rotatable bonds is 3. The fourth-order valence-electron chi connectivity index (χ4n) is 1.41. The number of aromatic nitrogens is 2. The van der Waals surface area contributed by atoms with Gasteiger partial charge < -0.3 is 15.0 Å². The van der Waals surface area contributed by atoms with Crippen LogP contribution >= 0.6 is 0 Å². The van der Waals surface area contributed by atoms with E-state index in [-0.39, 0.29) is 5.82 Å². The zero-order valence-corrected chi connectivity index (χ0v) is 8.45. The third-order valence-corrected chi connectivity index (χ3v) is 2.08. The van der Waals surface area contributed by atoms with Crippen LogP contribution in [0, 0.1) is 10.1 Å². The zero-order valence-electron chi connectivity index (χ0n) is 8.45. The molecule has 0 bridgehead atoms. The standard InChI is InChI=1S/C7H10N6O3/c1-2-11-6(12(14)15)4-9-7(11)5-3-10-13(8)16-5/h3-4,10H,2,8H2,1H3. The second-order valence-electron chi connectivity index (χ2n) is 3.00. The molecule has 0 radical (unpaired) electrons. The molecule has 0 unspecified atom stereocenters. The van der Waals surface area contributed by atoms with Gasteiger partial charge in [-0.3, -0.25) is 5.43 Å². The van der Waals surface area contributed by atoms with Gasteiger partial charge in [0.1, 0.15) is 6.20 Å². The first-order chi connectivity index (χ1) is 7.63. The van der Waals surface area contributed by atoms with Crippen molar-refractivity contribution in [1.82, 2.24) is 20.3 Å². The van der Waals surface area contributed by atoms with E-state index in [9.17, 15) is 10.1 Å². The Bertz CT molecular complexity index is 453. The Balaban J connectivity index is 2.38. The molecular weight excluding hydrogens is 216 g/mol. The maximum absolute atomic E-state index is 10.7. The van der Waals surface area contributed by atoms with Crippen molar-refractivity contribution in [1.29, 1.82) is 0 Å². The molecule has 0 fully saturated rings. The van der Waals surface area contributed by atoms with Crippen LogP contribution in [0.4, 0.5) is 5.82 Å². The molecule has 1 aromatic rings. The number of nitrogens with one attached hydrogen (secondary N) is 1. The van der Waals surface area contributed by atoms with Gasteiger partial charge in [0.05, 0.1) is 12.7 Å². The fraction of sp³-hybridized carbons (Fsp3) is 0.286. The number of imidazole rings is 1. The van der Waals surface area contributed by atoms with Crippen LogP contribution in [-0.2, 0) is 11.4 Å². The lowest BCUT2D eigenvalue weighted by molar-refractivity contribution is -0.392. The molecule has 0 aromatic carbocycles. The van der Waals surface area contributed by atoms with Crippen molar-refractivity contribution in [3.05, 3.63) is 28.3 Å². The molecule has 2 heterocycles. The Kier molecular flexibility index (Phi) is 2.46. The molecule has 0 amide bonds. The maximum atomic E-state index is 10.7. The first-order valence-corrected chi connectivity index (χ1v) is 4.53. The summed E-state index contributed by atoms with van der Waals surface area (Å²) < 4.78 is 1.42. The highest BCUT2D eigenvalue weighted by Gasteiger charge is 2.26. The molecule has 1 aliphatic heterocycles. The molecule has 86 valence electrons. The van der Waals surface area contributed by atoms with E-state index in [1.807, 2.05) is 0 Å². The molecule has 1 aromatic heterocycles. The molecule has 9 heteroatoms.